The molecule has 1 aromatic carbocycles. The van der Waals surface area contributed by atoms with Crippen LogP contribution in [0.4, 0.5) is 0 Å². The Kier molecular flexibility index (Phi) is 6.94. The van der Waals surface area contributed by atoms with Gasteiger partial charge in [0.15, 0.2) is 0 Å². The lowest BCUT2D eigenvalue weighted by Crippen LogP contribution is -2.33. The molecule has 34 heavy (non-hydrogen) atoms. The molecule has 4 N–H and O–H groups in total. The summed E-state index contributed by atoms with van der Waals surface area (Å²) in [5.41, 5.74) is 6.29. The molecule has 182 valence electrons. The van der Waals surface area contributed by atoms with E-state index in [0.29, 0.717) is 12.2 Å². The highest BCUT2D eigenvalue weighted by Crippen LogP contribution is 2.43. The van der Waals surface area contributed by atoms with Gasteiger partial charge in [-0.1, -0.05) is 17.3 Å². The first kappa shape index (κ1) is 24.2. The minimum atomic E-state index is -3.81. The monoisotopic (exact) mass is 492 g/mol. The largest absolute Gasteiger partial charge is 0.382 e. The average molecular weight is 492 g/mol. The molecule has 13 nitrogen and oxygen atoms in total. The van der Waals surface area contributed by atoms with Gasteiger partial charge in [-0.05, 0) is 17.7 Å². The molecular weight excluding hydrogens is 467 g/mol. The van der Waals surface area contributed by atoms with Crippen LogP contribution in [-0.4, -0.2) is 62.0 Å². The van der Waals surface area contributed by atoms with Crippen LogP contribution in [0.3, 0.4) is 0 Å². The second-order valence-electron chi connectivity index (χ2n) is 7.90. The van der Waals surface area contributed by atoms with E-state index in [2.05, 4.69) is 15.3 Å². The van der Waals surface area contributed by atoms with Gasteiger partial charge in [0.05, 0.1) is 30.2 Å². The van der Waals surface area contributed by atoms with E-state index in [9.17, 15) is 19.0 Å². The maximum Gasteiger partial charge on any atom is 0.330 e. The third-order valence-electron chi connectivity index (χ3n) is 5.30. The van der Waals surface area contributed by atoms with Gasteiger partial charge in [-0.15, -0.1) is 5.10 Å². The number of nitrogens with zero attached hydrogens (tertiary/aromatic N) is 4. The van der Waals surface area contributed by atoms with Gasteiger partial charge in [0.2, 0.25) is 0 Å². The Labute approximate surface area is 193 Å². The molecule has 4 unspecified atom stereocenters. The first-order valence-corrected chi connectivity index (χ1v) is 12.4. The van der Waals surface area contributed by atoms with Crippen LogP contribution in [0.1, 0.15) is 18.2 Å². The van der Waals surface area contributed by atoms with Crippen LogP contribution < -0.4 is 17.0 Å². The molecule has 2 aromatic heterocycles. The summed E-state index contributed by atoms with van der Waals surface area (Å²) in [4.78, 5) is 37.0. The fourth-order valence-electron chi connectivity index (χ4n) is 3.77. The Morgan fingerprint density at radius 2 is 2.15 bits per heavy atom. The van der Waals surface area contributed by atoms with Crippen LogP contribution in [0.15, 0.2) is 46.2 Å². The number of hydrogen-bond donors (Lipinski definition) is 3. The van der Waals surface area contributed by atoms with Gasteiger partial charge in [0.1, 0.15) is 18.0 Å². The van der Waals surface area contributed by atoms with Crippen molar-refractivity contribution in [2.75, 3.05) is 20.4 Å². The van der Waals surface area contributed by atoms with E-state index in [-0.39, 0.29) is 24.3 Å². The van der Waals surface area contributed by atoms with Crippen molar-refractivity contribution in [3.63, 3.8) is 0 Å². The number of hydrogen-bond acceptors (Lipinski definition) is 9. The molecule has 0 radical (unpaired) electrons. The van der Waals surface area contributed by atoms with Crippen molar-refractivity contribution in [2.24, 2.45) is 5.73 Å². The second kappa shape index (κ2) is 9.74. The summed E-state index contributed by atoms with van der Waals surface area (Å²) in [5, 5.41) is 8.15. The van der Waals surface area contributed by atoms with Gasteiger partial charge in [0, 0.05) is 32.9 Å². The molecule has 0 bridgehead atoms. The highest BCUT2D eigenvalue weighted by molar-refractivity contribution is 7.51. The van der Waals surface area contributed by atoms with Crippen LogP contribution in [0.25, 0.3) is 16.9 Å². The lowest BCUT2D eigenvalue weighted by molar-refractivity contribution is -0.0518. The molecular formula is C20H25N6O7P. The summed E-state index contributed by atoms with van der Waals surface area (Å²) in [5.74, 6) is 0. The number of benzene rings is 1. The Morgan fingerprint density at radius 1 is 1.35 bits per heavy atom. The molecule has 0 saturated carbocycles. The summed E-state index contributed by atoms with van der Waals surface area (Å²) in [6.07, 6.45) is 0.639. The molecule has 0 aliphatic carbocycles. The third kappa shape index (κ3) is 5.25. The first-order chi connectivity index (χ1) is 16.2. The van der Waals surface area contributed by atoms with Gasteiger partial charge in [0.25, 0.3) is 5.56 Å². The Morgan fingerprint density at radius 3 is 2.85 bits per heavy atom. The number of ether oxygens (including phenoxy) is 2. The van der Waals surface area contributed by atoms with Crippen molar-refractivity contribution in [1.29, 1.82) is 0 Å². The number of nitrogens with two attached hydrogens (primary N) is 1. The van der Waals surface area contributed by atoms with Crippen molar-refractivity contribution in [2.45, 2.75) is 31.4 Å². The molecule has 1 aliphatic heterocycles. The standard InChI is InChI=1S/C20H25N6O7P/c1-31-11-17-16(33-34(2,29)30)7-18(32-17)25-9-14(19(27)22-20(25)28)15-10-26(24-23-15)13-5-3-4-12(6-13)8-21/h3-6,9-10,16-18H,7-8,11,21H2,1-2H3,(H,29,30)(H,22,27,28). The smallest absolute Gasteiger partial charge is 0.330 e. The summed E-state index contributed by atoms with van der Waals surface area (Å²) in [7, 11) is -2.36. The summed E-state index contributed by atoms with van der Waals surface area (Å²) in [6, 6.07) is 7.38. The Bertz CT molecular complexity index is 1330. The second-order valence-corrected chi connectivity index (χ2v) is 9.72. The zero-order chi connectivity index (χ0) is 24.5. The van der Waals surface area contributed by atoms with Crippen LogP contribution >= 0.6 is 7.60 Å². The molecule has 3 aromatic rings. The van der Waals surface area contributed by atoms with Crippen LogP contribution in [0, 0.1) is 0 Å². The van der Waals surface area contributed by atoms with E-state index >= 15 is 0 Å². The molecule has 1 fully saturated rings. The molecule has 1 aliphatic rings. The Balaban J connectivity index is 1.66. The van der Waals surface area contributed by atoms with E-state index in [1.807, 2.05) is 24.3 Å². The minimum absolute atomic E-state index is 0.0856. The van der Waals surface area contributed by atoms with Gasteiger partial charge in [-0.2, -0.15) is 0 Å². The van der Waals surface area contributed by atoms with Crippen molar-refractivity contribution < 1.29 is 23.5 Å². The maximum absolute atomic E-state index is 12.6. The van der Waals surface area contributed by atoms with Crippen molar-refractivity contribution >= 4 is 7.60 Å². The summed E-state index contributed by atoms with van der Waals surface area (Å²) >= 11 is 0. The molecule has 1 saturated heterocycles. The predicted octanol–water partition coefficient (Wildman–Crippen LogP) is 0.377. The van der Waals surface area contributed by atoms with Crippen molar-refractivity contribution in [3.8, 4) is 16.9 Å². The topological polar surface area (TPSA) is 177 Å². The lowest BCUT2D eigenvalue weighted by Gasteiger charge is -2.19. The minimum Gasteiger partial charge on any atom is -0.382 e. The predicted molar refractivity (Wildman–Crippen MR) is 121 cm³/mol. The molecule has 4 atom stereocenters. The van der Waals surface area contributed by atoms with Gasteiger partial charge in [-0.3, -0.25) is 18.9 Å². The number of nitrogens with one attached hydrogen (secondary N) is 1. The third-order valence-corrected chi connectivity index (χ3v) is 5.96. The fraction of sp³-hybridized carbons (Fsp3) is 0.400. The maximum atomic E-state index is 12.6. The highest BCUT2D eigenvalue weighted by atomic mass is 31.2. The van der Waals surface area contributed by atoms with Crippen molar-refractivity contribution in [1.82, 2.24) is 24.5 Å². The van der Waals surface area contributed by atoms with Crippen LogP contribution in [0.2, 0.25) is 0 Å². The van der Waals surface area contributed by atoms with Crippen LogP contribution in [-0.2, 0) is 25.1 Å². The molecule has 4 rings (SSSR count). The summed E-state index contributed by atoms with van der Waals surface area (Å²) < 4.78 is 30.7. The zero-order valence-corrected chi connectivity index (χ0v) is 19.4. The van der Waals surface area contributed by atoms with Gasteiger partial charge < -0.3 is 24.6 Å². The average Bonchev–Trinajstić information content (AvgIpc) is 3.41. The van der Waals surface area contributed by atoms with E-state index < -0.39 is 37.3 Å². The molecule has 14 heteroatoms. The number of rotatable bonds is 8. The van der Waals surface area contributed by atoms with Gasteiger partial charge in [-0.25, -0.2) is 9.48 Å². The zero-order valence-electron chi connectivity index (χ0n) is 18.5. The number of aromatic nitrogens is 5. The normalized spacial score (nSPS) is 22.1. The molecule has 0 spiro atoms. The SMILES string of the molecule is COCC1OC(n2cc(-c3cn(-c4cccc(CN)c4)nn3)c(=O)[nH]c2=O)CC1OP(C)(=O)O. The van der Waals surface area contributed by atoms with E-state index in [0.717, 1.165) is 12.2 Å². The molecule has 3 heterocycles. The highest BCUT2D eigenvalue weighted by Gasteiger charge is 2.40. The Hall–Kier alpha value is -2.93. The van der Waals surface area contributed by atoms with Gasteiger partial charge >= 0.3 is 13.3 Å². The van der Waals surface area contributed by atoms with E-state index in [4.69, 9.17) is 19.7 Å². The number of aromatic amines is 1. The quantitative estimate of drug-likeness (QED) is 0.373. The molecule has 0 amide bonds. The van der Waals surface area contributed by atoms with Crippen LogP contribution in [0.5, 0.6) is 0 Å². The number of H-pyrrole nitrogens is 1. The van der Waals surface area contributed by atoms with Crippen molar-refractivity contribution in [3.05, 3.63) is 63.1 Å². The summed E-state index contributed by atoms with van der Waals surface area (Å²) in [6.45, 7) is 1.52. The fourth-order valence-corrected chi connectivity index (χ4v) is 4.49. The number of methoxy groups -OCH3 is 1. The first-order valence-electron chi connectivity index (χ1n) is 10.4. The lowest BCUT2D eigenvalue weighted by atomic mass is 10.2. The van der Waals surface area contributed by atoms with E-state index in [1.165, 1.54) is 22.6 Å². The van der Waals surface area contributed by atoms with E-state index in [1.54, 1.807) is 6.20 Å².